The van der Waals surface area contributed by atoms with Crippen LogP contribution in [0, 0.1) is 0 Å². The minimum Gasteiger partial charge on any atom is -0.447 e. The molecule has 0 spiro atoms. The lowest BCUT2D eigenvalue weighted by Crippen LogP contribution is -2.42. The molecule has 2 aliphatic rings. The second-order valence-electron chi connectivity index (χ2n) is 5.37. The predicted octanol–water partition coefficient (Wildman–Crippen LogP) is 1.66. The van der Waals surface area contributed by atoms with Crippen molar-refractivity contribution in [3.05, 3.63) is 0 Å². The summed E-state index contributed by atoms with van der Waals surface area (Å²) in [6, 6.07) is 0. The number of amides is 1. The van der Waals surface area contributed by atoms with Crippen LogP contribution in [-0.2, 0) is 19.3 Å². The number of nitrogens with zero attached hydrogens (tertiary/aromatic N) is 3. The summed E-state index contributed by atoms with van der Waals surface area (Å²) in [5.41, 5.74) is 0. The van der Waals surface area contributed by atoms with E-state index in [0.29, 0.717) is 38.7 Å². The third kappa shape index (κ3) is 10.1. The maximum atomic E-state index is 11.7. The molecule has 0 aliphatic carbocycles. The van der Waals surface area contributed by atoms with Gasteiger partial charge in [-0.3, -0.25) is 4.90 Å². The van der Waals surface area contributed by atoms with Crippen molar-refractivity contribution in [3.63, 3.8) is 0 Å². The summed E-state index contributed by atoms with van der Waals surface area (Å²) in [5, 5.41) is 0. The highest BCUT2D eigenvalue weighted by Crippen LogP contribution is 2.03. The monoisotopic (exact) mass is 393 g/mol. The van der Waals surface area contributed by atoms with Crippen LogP contribution in [0.3, 0.4) is 0 Å². The fourth-order valence-corrected chi connectivity index (χ4v) is 3.63. The van der Waals surface area contributed by atoms with E-state index in [9.17, 15) is 13.2 Å². The summed E-state index contributed by atoms with van der Waals surface area (Å²) in [4.78, 5) is 19.5. The molecule has 0 aromatic rings. The predicted molar refractivity (Wildman–Crippen MR) is 105 cm³/mol. The minimum absolute atomic E-state index is 0.176. The van der Waals surface area contributed by atoms with E-state index in [2.05, 4.69) is 4.99 Å². The van der Waals surface area contributed by atoms with Gasteiger partial charge in [-0.15, -0.1) is 0 Å². The molecule has 0 N–H and O–H groups in total. The number of hydrogen-bond donors (Lipinski definition) is 0. The molecule has 2 rings (SSSR count). The first-order chi connectivity index (χ1) is 12.5. The van der Waals surface area contributed by atoms with Crippen molar-refractivity contribution in [1.82, 2.24) is 9.80 Å². The van der Waals surface area contributed by atoms with Crippen LogP contribution in [-0.4, -0.2) is 94.2 Å². The first kappa shape index (κ1) is 24.8. The molecule has 2 heterocycles. The zero-order chi connectivity index (χ0) is 20.0. The van der Waals surface area contributed by atoms with Gasteiger partial charge in [0.1, 0.15) is 12.4 Å². The first-order valence-electron chi connectivity index (χ1n) is 9.44. The van der Waals surface area contributed by atoms with Gasteiger partial charge in [-0.25, -0.2) is 13.2 Å². The fraction of sp³-hybridized carbons (Fsp3) is 0.882. The topological polar surface area (TPSA) is 88.5 Å². The van der Waals surface area contributed by atoms with E-state index in [1.54, 1.807) is 6.92 Å². The molecule has 0 radical (unpaired) electrons. The molecular weight excluding hydrogens is 358 g/mol. The highest BCUT2D eigenvalue weighted by atomic mass is 32.2. The molecule has 8 nitrogen and oxygen atoms in total. The van der Waals surface area contributed by atoms with Crippen molar-refractivity contribution >= 4 is 21.8 Å². The summed E-state index contributed by atoms with van der Waals surface area (Å²) in [6.45, 7) is 14.3. The van der Waals surface area contributed by atoms with Crippen LogP contribution in [0.2, 0.25) is 0 Å². The van der Waals surface area contributed by atoms with E-state index in [1.807, 2.05) is 37.5 Å². The fourth-order valence-electron chi connectivity index (χ4n) is 2.36. The van der Waals surface area contributed by atoms with Crippen molar-refractivity contribution < 1.29 is 22.7 Å². The minimum atomic E-state index is -2.87. The van der Waals surface area contributed by atoms with Gasteiger partial charge in [0.25, 0.3) is 0 Å². The Labute approximate surface area is 158 Å². The number of morpholine rings is 1. The molecule has 0 saturated carbocycles. The molecule has 2 saturated heterocycles. The van der Waals surface area contributed by atoms with Crippen molar-refractivity contribution in [3.8, 4) is 0 Å². The highest BCUT2D eigenvalue weighted by Gasteiger charge is 2.21. The Morgan fingerprint density at radius 3 is 2.12 bits per heavy atom. The number of rotatable bonds is 3. The molecule has 0 atom stereocenters. The Kier molecular flexibility index (Phi) is 13.3. The van der Waals surface area contributed by atoms with E-state index in [-0.39, 0.29) is 18.1 Å². The van der Waals surface area contributed by atoms with E-state index in [0.717, 1.165) is 13.1 Å². The van der Waals surface area contributed by atoms with Crippen LogP contribution in [0.25, 0.3) is 0 Å². The zero-order valence-electron chi connectivity index (χ0n) is 16.9. The van der Waals surface area contributed by atoms with Crippen LogP contribution < -0.4 is 0 Å². The van der Waals surface area contributed by atoms with Crippen molar-refractivity contribution in [2.24, 2.45) is 4.99 Å². The first-order valence-corrected chi connectivity index (χ1v) is 11.3. The van der Waals surface area contributed by atoms with E-state index in [4.69, 9.17) is 9.47 Å². The lowest BCUT2D eigenvalue weighted by atomic mass is 10.4. The Morgan fingerprint density at radius 1 is 1.04 bits per heavy atom. The van der Waals surface area contributed by atoms with Gasteiger partial charge in [-0.1, -0.05) is 27.7 Å². The van der Waals surface area contributed by atoms with Crippen LogP contribution in [0.4, 0.5) is 4.79 Å². The van der Waals surface area contributed by atoms with E-state index < -0.39 is 15.9 Å². The highest BCUT2D eigenvalue weighted by molar-refractivity contribution is 7.91. The molecule has 0 bridgehead atoms. The van der Waals surface area contributed by atoms with Crippen LogP contribution in [0.5, 0.6) is 0 Å². The molecule has 0 unspecified atom stereocenters. The average molecular weight is 394 g/mol. The quantitative estimate of drug-likeness (QED) is 0.532. The summed E-state index contributed by atoms with van der Waals surface area (Å²) in [6.07, 6.45) is -0.603. The van der Waals surface area contributed by atoms with Gasteiger partial charge in [0.05, 0.1) is 24.7 Å². The van der Waals surface area contributed by atoms with Crippen molar-refractivity contribution in [2.75, 3.05) is 64.1 Å². The Balaban J connectivity index is 0.00000146. The number of ether oxygens (including phenoxy) is 2. The molecule has 0 aromatic heterocycles. The van der Waals surface area contributed by atoms with Gasteiger partial charge in [0.2, 0.25) is 0 Å². The Hall–Kier alpha value is -1.19. The maximum Gasteiger partial charge on any atom is 0.435 e. The SMILES string of the molecule is C/C(=N/C(=O)OCCN1CCS(=O)(=O)CC1)N1CCOCC1.CC.CC. The summed E-state index contributed by atoms with van der Waals surface area (Å²) in [7, 11) is -2.87. The average Bonchev–Trinajstić information content (AvgIpc) is 2.67. The van der Waals surface area contributed by atoms with E-state index in [1.165, 1.54) is 0 Å². The number of hydrogen-bond acceptors (Lipinski definition) is 6. The molecule has 2 aliphatic heterocycles. The smallest absolute Gasteiger partial charge is 0.435 e. The number of aliphatic imine (C=N–C) groups is 1. The third-order valence-electron chi connectivity index (χ3n) is 3.79. The third-order valence-corrected chi connectivity index (χ3v) is 5.40. The molecular formula is C17H35N3O5S. The lowest BCUT2D eigenvalue weighted by Gasteiger charge is -2.28. The maximum absolute atomic E-state index is 11.7. The molecule has 26 heavy (non-hydrogen) atoms. The van der Waals surface area contributed by atoms with Gasteiger partial charge in [-0.2, -0.15) is 4.99 Å². The van der Waals surface area contributed by atoms with Gasteiger partial charge in [0, 0.05) is 32.7 Å². The second-order valence-corrected chi connectivity index (χ2v) is 7.67. The zero-order valence-corrected chi connectivity index (χ0v) is 17.7. The van der Waals surface area contributed by atoms with Gasteiger partial charge in [0.15, 0.2) is 9.84 Å². The summed E-state index contributed by atoms with van der Waals surface area (Å²) >= 11 is 0. The molecule has 2 fully saturated rings. The number of amidine groups is 1. The van der Waals surface area contributed by atoms with Gasteiger partial charge in [-0.05, 0) is 6.92 Å². The molecule has 0 aromatic carbocycles. The second kappa shape index (κ2) is 13.9. The van der Waals surface area contributed by atoms with Crippen LogP contribution in [0.15, 0.2) is 4.99 Å². The van der Waals surface area contributed by atoms with Crippen LogP contribution in [0.1, 0.15) is 34.6 Å². The lowest BCUT2D eigenvalue weighted by molar-refractivity contribution is 0.0675. The molecule has 154 valence electrons. The summed E-state index contributed by atoms with van der Waals surface area (Å²) in [5.74, 6) is 0.988. The van der Waals surface area contributed by atoms with Crippen molar-refractivity contribution in [2.45, 2.75) is 34.6 Å². The number of carbonyl (C=O) groups is 1. The standard InChI is InChI=1S/C13H23N3O5S.2C2H6/c1-12(16-3-7-20-8-4-16)14-13(17)21-9-2-15-5-10-22(18,19)11-6-15;2*1-2/h2-11H2,1H3;2*1-2H3/b14-12-;;. The Bertz CT molecular complexity index is 502. The van der Waals surface area contributed by atoms with Crippen LogP contribution >= 0.6 is 0 Å². The molecule has 9 heteroatoms. The van der Waals surface area contributed by atoms with Crippen molar-refractivity contribution in [1.29, 1.82) is 0 Å². The van der Waals surface area contributed by atoms with Gasteiger partial charge < -0.3 is 14.4 Å². The normalized spacial score (nSPS) is 20.2. The number of carbonyl (C=O) groups excluding carboxylic acids is 1. The van der Waals surface area contributed by atoms with Gasteiger partial charge >= 0.3 is 6.09 Å². The largest absolute Gasteiger partial charge is 0.447 e. The Morgan fingerprint density at radius 2 is 1.58 bits per heavy atom. The summed E-state index contributed by atoms with van der Waals surface area (Å²) < 4.78 is 32.9. The molecule has 1 amide bonds. The number of sulfone groups is 1. The van der Waals surface area contributed by atoms with E-state index >= 15 is 0 Å².